The molecule has 0 radical (unpaired) electrons. The molecule has 1 heterocycles. The van der Waals surface area contributed by atoms with E-state index in [2.05, 4.69) is 0 Å². The van der Waals surface area contributed by atoms with E-state index < -0.39 is 42.6 Å². The second kappa shape index (κ2) is 14.6. The van der Waals surface area contributed by atoms with Gasteiger partial charge in [0.1, 0.15) is 31.0 Å². The predicted octanol–water partition coefficient (Wildman–Crippen LogP) is 4.59. The minimum atomic E-state index is -1.11. The van der Waals surface area contributed by atoms with Crippen LogP contribution in [0.1, 0.15) is 30.5 Å². The van der Waals surface area contributed by atoms with Crippen LogP contribution in [0.4, 0.5) is 0 Å². The number of rotatable bonds is 12. The molecule has 0 amide bonds. The molecule has 0 aliphatic carbocycles. The van der Waals surface area contributed by atoms with Crippen molar-refractivity contribution in [2.75, 3.05) is 6.61 Å². The number of carbonyl (C=O) groups is 2. The Hall–Kier alpha value is -3.56. The van der Waals surface area contributed by atoms with Crippen molar-refractivity contribution in [1.82, 2.24) is 0 Å². The van der Waals surface area contributed by atoms with Crippen molar-refractivity contribution in [3.63, 3.8) is 0 Å². The highest BCUT2D eigenvalue weighted by atomic mass is 16.7. The second-order valence-electron chi connectivity index (χ2n) is 9.24. The van der Waals surface area contributed by atoms with Crippen LogP contribution in [0, 0.1) is 0 Å². The zero-order chi connectivity index (χ0) is 27.5. The normalized spacial score (nSPS) is 22.7. The molecular weight excluding hydrogens is 500 g/mol. The molecule has 1 unspecified atom stereocenters. The molecule has 39 heavy (non-hydrogen) atoms. The summed E-state index contributed by atoms with van der Waals surface area (Å²) in [6.07, 6.45) is -4.15. The van der Waals surface area contributed by atoms with Gasteiger partial charge in [0.05, 0.1) is 19.8 Å². The fourth-order valence-electron chi connectivity index (χ4n) is 4.34. The van der Waals surface area contributed by atoms with Gasteiger partial charge in [-0.05, 0) is 16.7 Å². The molecule has 8 nitrogen and oxygen atoms in total. The Labute approximate surface area is 228 Å². The van der Waals surface area contributed by atoms with Gasteiger partial charge in [-0.1, -0.05) is 91.0 Å². The van der Waals surface area contributed by atoms with E-state index in [0.29, 0.717) is 0 Å². The zero-order valence-corrected chi connectivity index (χ0v) is 22.1. The van der Waals surface area contributed by atoms with Crippen molar-refractivity contribution < 1.29 is 38.0 Å². The lowest BCUT2D eigenvalue weighted by Gasteiger charge is -2.45. The molecule has 3 aromatic carbocycles. The standard InChI is InChI=1S/C31H34O8/c1-22(32)34-21-27-28(35-18-24-12-6-3-7-13-24)29(36-19-25-14-8-4-9-15-25)30(31(39-27)38-23(2)33)37-20-26-16-10-5-11-17-26/h3-17,27-31H,18-21H2,1-2H3/t27-,28+,29+,30-,31?/m1/s1. The number of benzene rings is 3. The molecule has 0 spiro atoms. The van der Waals surface area contributed by atoms with Crippen LogP contribution in [-0.4, -0.2) is 49.3 Å². The highest BCUT2D eigenvalue weighted by Gasteiger charge is 2.50. The summed E-state index contributed by atoms with van der Waals surface area (Å²) >= 11 is 0. The van der Waals surface area contributed by atoms with E-state index >= 15 is 0 Å². The molecule has 1 aliphatic heterocycles. The van der Waals surface area contributed by atoms with Crippen molar-refractivity contribution in [3.8, 4) is 0 Å². The minimum absolute atomic E-state index is 0.108. The molecule has 1 aliphatic rings. The SMILES string of the molecule is CC(=O)OC[C@H]1OC(OC(C)=O)[C@H](OCc2ccccc2)[C@@H](OCc2ccccc2)[C@H]1OCc1ccccc1. The lowest BCUT2D eigenvalue weighted by molar-refractivity contribution is -0.318. The summed E-state index contributed by atoms with van der Waals surface area (Å²) in [6.45, 7) is 3.27. The topological polar surface area (TPSA) is 89.5 Å². The van der Waals surface area contributed by atoms with Gasteiger partial charge in [0.15, 0.2) is 0 Å². The van der Waals surface area contributed by atoms with E-state index in [1.165, 1.54) is 13.8 Å². The van der Waals surface area contributed by atoms with Crippen molar-refractivity contribution in [3.05, 3.63) is 108 Å². The molecule has 0 saturated carbocycles. The first-order chi connectivity index (χ1) is 19.0. The molecule has 4 rings (SSSR count). The summed E-state index contributed by atoms with van der Waals surface area (Å²) in [6, 6.07) is 29.1. The zero-order valence-electron chi connectivity index (χ0n) is 22.1. The van der Waals surface area contributed by atoms with Crippen LogP contribution >= 0.6 is 0 Å². The number of hydrogen-bond acceptors (Lipinski definition) is 8. The van der Waals surface area contributed by atoms with Crippen molar-refractivity contribution in [2.45, 2.75) is 64.4 Å². The molecule has 206 valence electrons. The molecule has 1 fully saturated rings. The maximum absolute atomic E-state index is 12.1. The maximum atomic E-state index is 12.1. The van der Waals surface area contributed by atoms with Gasteiger partial charge in [-0.2, -0.15) is 0 Å². The molecule has 0 bridgehead atoms. The van der Waals surface area contributed by atoms with Crippen LogP contribution in [-0.2, 0) is 57.8 Å². The van der Waals surface area contributed by atoms with Crippen LogP contribution in [0.3, 0.4) is 0 Å². The summed E-state index contributed by atoms with van der Waals surface area (Å²) in [5.74, 6) is -1.00. The van der Waals surface area contributed by atoms with Gasteiger partial charge >= 0.3 is 11.9 Å². The average molecular weight is 535 g/mol. The third-order valence-corrected chi connectivity index (χ3v) is 6.18. The largest absolute Gasteiger partial charge is 0.463 e. The van der Waals surface area contributed by atoms with Crippen molar-refractivity contribution in [2.24, 2.45) is 0 Å². The summed E-state index contributed by atoms with van der Waals surface area (Å²) in [5, 5.41) is 0. The van der Waals surface area contributed by atoms with Crippen molar-refractivity contribution >= 4 is 11.9 Å². The van der Waals surface area contributed by atoms with E-state index in [1.54, 1.807) is 0 Å². The molecular formula is C31H34O8. The molecule has 0 N–H and O–H groups in total. The summed E-state index contributed by atoms with van der Waals surface area (Å²) < 4.78 is 36.2. The third kappa shape index (κ3) is 8.73. The van der Waals surface area contributed by atoms with Crippen LogP contribution < -0.4 is 0 Å². The van der Waals surface area contributed by atoms with Gasteiger partial charge in [0, 0.05) is 13.8 Å². The van der Waals surface area contributed by atoms with E-state index in [4.69, 9.17) is 28.4 Å². The molecule has 1 saturated heterocycles. The monoisotopic (exact) mass is 534 g/mol. The fourth-order valence-corrected chi connectivity index (χ4v) is 4.34. The van der Waals surface area contributed by atoms with Crippen LogP contribution in [0.15, 0.2) is 91.0 Å². The van der Waals surface area contributed by atoms with Gasteiger partial charge in [-0.15, -0.1) is 0 Å². The van der Waals surface area contributed by atoms with Crippen LogP contribution in [0.2, 0.25) is 0 Å². The number of ether oxygens (including phenoxy) is 6. The highest BCUT2D eigenvalue weighted by Crippen LogP contribution is 2.31. The van der Waals surface area contributed by atoms with Crippen LogP contribution in [0.5, 0.6) is 0 Å². The average Bonchev–Trinajstić information content (AvgIpc) is 2.95. The predicted molar refractivity (Wildman–Crippen MR) is 142 cm³/mol. The Kier molecular flexibility index (Phi) is 10.6. The van der Waals surface area contributed by atoms with Crippen molar-refractivity contribution in [1.29, 1.82) is 0 Å². The quantitative estimate of drug-likeness (QED) is 0.312. The van der Waals surface area contributed by atoms with Gasteiger partial charge in [-0.3, -0.25) is 9.59 Å². The number of hydrogen-bond donors (Lipinski definition) is 0. The Morgan fingerprint density at radius 3 is 1.49 bits per heavy atom. The number of carbonyl (C=O) groups excluding carboxylic acids is 2. The van der Waals surface area contributed by atoms with Crippen LogP contribution in [0.25, 0.3) is 0 Å². The first kappa shape index (κ1) is 28.4. The first-order valence-corrected chi connectivity index (χ1v) is 12.9. The third-order valence-electron chi connectivity index (χ3n) is 6.18. The number of esters is 2. The van der Waals surface area contributed by atoms with E-state index in [0.717, 1.165) is 16.7 Å². The van der Waals surface area contributed by atoms with Gasteiger partial charge in [0.2, 0.25) is 6.29 Å². The summed E-state index contributed by atoms with van der Waals surface area (Å²) in [5.41, 5.74) is 2.84. The van der Waals surface area contributed by atoms with Gasteiger partial charge < -0.3 is 28.4 Å². The van der Waals surface area contributed by atoms with E-state index in [-0.39, 0.29) is 26.4 Å². The highest BCUT2D eigenvalue weighted by molar-refractivity contribution is 5.66. The fraction of sp³-hybridized carbons (Fsp3) is 0.355. The summed E-state index contributed by atoms with van der Waals surface area (Å²) in [4.78, 5) is 23.8. The maximum Gasteiger partial charge on any atom is 0.305 e. The Morgan fingerprint density at radius 2 is 1.05 bits per heavy atom. The molecule has 0 aromatic heterocycles. The Balaban J connectivity index is 1.64. The summed E-state index contributed by atoms with van der Waals surface area (Å²) in [7, 11) is 0. The Bertz CT molecular complexity index is 1150. The van der Waals surface area contributed by atoms with E-state index in [1.807, 2.05) is 91.0 Å². The minimum Gasteiger partial charge on any atom is -0.463 e. The molecule has 5 atom stereocenters. The van der Waals surface area contributed by atoms with E-state index in [9.17, 15) is 9.59 Å². The Morgan fingerprint density at radius 1 is 0.615 bits per heavy atom. The lowest BCUT2D eigenvalue weighted by Crippen LogP contribution is -2.62. The van der Waals surface area contributed by atoms with Gasteiger partial charge in [-0.25, -0.2) is 0 Å². The smallest absolute Gasteiger partial charge is 0.305 e. The van der Waals surface area contributed by atoms with Gasteiger partial charge in [0.25, 0.3) is 0 Å². The lowest BCUT2D eigenvalue weighted by atomic mass is 9.97. The first-order valence-electron chi connectivity index (χ1n) is 12.9. The second-order valence-corrected chi connectivity index (χ2v) is 9.24. The molecule has 3 aromatic rings. The molecule has 8 heteroatoms.